The van der Waals surface area contributed by atoms with Crippen molar-refractivity contribution in [2.45, 2.75) is 31.9 Å². The summed E-state index contributed by atoms with van der Waals surface area (Å²) >= 11 is 0. The van der Waals surface area contributed by atoms with Crippen LogP contribution in [-0.2, 0) is 4.74 Å². The summed E-state index contributed by atoms with van der Waals surface area (Å²) in [6.07, 6.45) is 2.19. The van der Waals surface area contributed by atoms with E-state index in [9.17, 15) is 9.18 Å². The summed E-state index contributed by atoms with van der Waals surface area (Å²) in [6, 6.07) is 8.89. The first kappa shape index (κ1) is 13.8. The molecule has 0 aliphatic heterocycles. The Morgan fingerprint density at radius 1 is 1.32 bits per heavy atom. The first-order valence-electron chi connectivity index (χ1n) is 6.73. The Kier molecular flexibility index (Phi) is 4.72. The van der Waals surface area contributed by atoms with Gasteiger partial charge in [0.25, 0.3) is 0 Å². The number of carbonyl (C=O) groups excluding carboxylic acids is 1. The predicted molar refractivity (Wildman–Crippen MR) is 72.7 cm³/mol. The Bertz CT molecular complexity index is 441. The molecule has 1 aliphatic rings. The van der Waals surface area contributed by atoms with Crippen LogP contribution in [-0.4, -0.2) is 18.7 Å². The van der Waals surface area contributed by atoms with Crippen LogP contribution in [0.25, 0.3) is 0 Å². The normalized spacial score (nSPS) is 23.1. The van der Waals surface area contributed by atoms with Gasteiger partial charge in [-0.15, -0.1) is 0 Å². The lowest BCUT2D eigenvalue weighted by Crippen LogP contribution is -2.21. The van der Waals surface area contributed by atoms with E-state index in [-0.39, 0.29) is 11.9 Å². The van der Waals surface area contributed by atoms with Crippen molar-refractivity contribution in [2.24, 2.45) is 5.92 Å². The molecule has 2 nitrogen and oxygen atoms in total. The highest BCUT2D eigenvalue weighted by atomic mass is 19.1. The summed E-state index contributed by atoms with van der Waals surface area (Å²) in [7, 11) is 0. The van der Waals surface area contributed by atoms with E-state index < -0.39 is 6.17 Å². The van der Waals surface area contributed by atoms with Crippen molar-refractivity contribution in [3.63, 3.8) is 0 Å². The second kappa shape index (κ2) is 6.50. The zero-order valence-corrected chi connectivity index (χ0v) is 11.0. The third-order valence-corrected chi connectivity index (χ3v) is 3.65. The van der Waals surface area contributed by atoms with E-state index in [1.807, 2.05) is 6.07 Å². The third kappa shape index (κ3) is 3.66. The molecule has 0 amide bonds. The maximum atomic E-state index is 13.5. The average molecular weight is 262 g/mol. The molecule has 2 unspecified atom stereocenters. The monoisotopic (exact) mass is 262 g/mol. The minimum atomic E-state index is -0.886. The Hall–Kier alpha value is -1.64. The minimum Gasteiger partial charge on any atom is -0.462 e. The van der Waals surface area contributed by atoms with E-state index in [2.05, 4.69) is 6.58 Å². The van der Waals surface area contributed by atoms with Gasteiger partial charge in [0.15, 0.2) is 0 Å². The number of benzene rings is 1. The van der Waals surface area contributed by atoms with Crippen LogP contribution < -0.4 is 0 Å². The van der Waals surface area contributed by atoms with Crippen molar-refractivity contribution in [2.75, 3.05) is 6.61 Å². The van der Waals surface area contributed by atoms with Crippen molar-refractivity contribution in [3.8, 4) is 0 Å². The number of hydrogen-bond donors (Lipinski definition) is 0. The standard InChI is InChI=1S/C16H19FO2/c1-12-13(8-5-9-15(12)17)10-11-19-16(18)14-6-3-2-4-7-14/h2-4,6-7,13,15H,1,5,8-11H2. The van der Waals surface area contributed by atoms with Gasteiger partial charge in [-0.1, -0.05) is 24.8 Å². The SMILES string of the molecule is C=C1C(F)CCCC1CCOC(=O)c1ccccc1. The lowest BCUT2D eigenvalue weighted by Gasteiger charge is -2.27. The van der Waals surface area contributed by atoms with Crippen LogP contribution in [0.15, 0.2) is 42.5 Å². The number of ether oxygens (including phenoxy) is 1. The lowest BCUT2D eigenvalue weighted by atomic mass is 9.82. The Labute approximate surface area is 113 Å². The van der Waals surface area contributed by atoms with Gasteiger partial charge >= 0.3 is 5.97 Å². The fourth-order valence-electron chi connectivity index (χ4n) is 2.45. The summed E-state index contributed by atoms with van der Waals surface area (Å²) < 4.78 is 18.7. The van der Waals surface area contributed by atoms with Crippen LogP contribution in [0.1, 0.15) is 36.0 Å². The molecule has 0 heterocycles. The molecule has 1 fully saturated rings. The van der Waals surface area contributed by atoms with E-state index in [4.69, 9.17) is 4.74 Å². The smallest absolute Gasteiger partial charge is 0.338 e. The second-order valence-corrected chi connectivity index (χ2v) is 4.96. The zero-order valence-electron chi connectivity index (χ0n) is 11.0. The average Bonchev–Trinajstić information content (AvgIpc) is 2.44. The van der Waals surface area contributed by atoms with Gasteiger partial charge in [-0.2, -0.15) is 0 Å². The summed E-state index contributed by atoms with van der Waals surface area (Å²) in [5.74, 6) is -0.175. The largest absolute Gasteiger partial charge is 0.462 e. The van der Waals surface area contributed by atoms with Crippen LogP contribution in [0.2, 0.25) is 0 Å². The Balaban J connectivity index is 1.77. The molecule has 102 valence electrons. The molecular formula is C16H19FO2. The number of rotatable bonds is 4. The number of allylic oxidation sites excluding steroid dienone is 1. The lowest BCUT2D eigenvalue weighted by molar-refractivity contribution is 0.0481. The van der Waals surface area contributed by atoms with Gasteiger partial charge in [0, 0.05) is 0 Å². The Morgan fingerprint density at radius 2 is 2.05 bits per heavy atom. The number of esters is 1. The van der Waals surface area contributed by atoms with Crippen molar-refractivity contribution in [1.82, 2.24) is 0 Å². The molecule has 1 aliphatic carbocycles. The maximum absolute atomic E-state index is 13.5. The number of alkyl halides is 1. The van der Waals surface area contributed by atoms with Crippen LogP contribution in [0.4, 0.5) is 4.39 Å². The molecule has 0 radical (unpaired) electrons. The molecule has 19 heavy (non-hydrogen) atoms. The highest BCUT2D eigenvalue weighted by molar-refractivity contribution is 5.89. The molecule has 0 saturated heterocycles. The van der Waals surface area contributed by atoms with E-state index in [0.717, 1.165) is 12.8 Å². The van der Waals surface area contributed by atoms with E-state index >= 15 is 0 Å². The molecule has 2 atom stereocenters. The number of halogens is 1. The van der Waals surface area contributed by atoms with Crippen molar-refractivity contribution in [1.29, 1.82) is 0 Å². The van der Waals surface area contributed by atoms with Gasteiger partial charge in [0.1, 0.15) is 6.17 Å². The van der Waals surface area contributed by atoms with Gasteiger partial charge in [-0.25, -0.2) is 9.18 Å². The summed E-state index contributed by atoms with van der Waals surface area (Å²) in [6.45, 7) is 4.14. The maximum Gasteiger partial charge on any atom is 0.338 e. The molecule has 1 aromatic carbocycles. The van der Waals surface area contributed by atoms with Crippen LogP contribution in [0.5, 0.6) is 0 Å². The molecule has 1 saturated carbocycles. The fraction of sp³-hybridized carbons (Fsp3) is 0.438. The van der Waals surface area contributed by atoms with Crippen molar-refractivity contribution >= 4 is 5.97 Å². The van der Waals surface area contributed by atoms with Gasteiger partial charge in [0.2, 0.25) is 0 Å². The van der Waals surface area contributed by atoms with Crippen LogP contribution in [0, 0.1) is 5.92 Å². The predicted octanol–water partition coefficient (Wildman–Crippen LogP) is 3.93. The van der Waals surface area contributed by atoms with Gasteiger partial charge in [-0.3, -0.25) is 0 Å². The molecule has 3 heteroatoms. The zero-order chi connectivity index (χ0) is 13.7. The van der Waals surface area contributed by atoms with Crippen molar-refractivity contribution in [3.05, 3.63) is 48.0 Å². The molecule has 2 rings (SSSR count). The molecule has 0 bridgehead atoms. The van der Waals surface area contributed by atoms with Gasteiger partial charge in [-0.05, 0) is 49.3 Å². The van der Waals surface area contributed by atoms with E-state index in [1.165, 1.54) is 0 Å². The second-order valence-electron chi connectivity index (χ2n) is 4.96. The minimum absolute atomic E-state index is 0.146. The highest BCUT2D eigenvalue weighted by Crippen LogP contribution is 2.32. The van der Waals surface area contributed by atoms with Crippen LogP contribution >= 0.6 is 0 Å². The van der Waals surface area contributed by atoms with Crippen molar-refractivity contribution < 1.29 is 13.9 Å². The molecule has 0 aromatic heterocycles. The molecule has 0 spiro atoms. The fourth-order valence-corrected chi connectivity index (χ4v) is 2.45. The number of hydrogen-bond acceptors (Lipinski definition) is 2. The summed E-state index contributed by atoms with van der Waals surface area (Å²) in [4.78, 5) is 11.7. The van der Waals surface area contributed by atoms with E-state index in [1.54, 1.807) is 24.3 Å². The molecule has 0 N–H and O–H groups in total. The Morgan fingerprint density at radius 3 is 2.79 bits per heavy atom. The summed E-state index contributed by atoms with van der Waals surface area (Å²) in [5, 5.41) is 0. The summed E-state index contributed by atoms with van der Waals surface area (Å²) in [5.41, 5.74) is 1.22. The topological polar surface area (TPSA) is 26.3 Å². The van der Waals surface area contributed by atoms with Crippen LogP contribution in [0.3, 0.4) is 0 Å². The first-order chi connectivity index (χ1) is 9.18. The highest BCUT2D eigenvalue weighted by Gasteiger charge is 2.25. The van der Waals surface area contributed by atoms with E-state index in [0.29, 0.717) is 30.6 Å². The molecular weight excluding hydrogens is 243 g/mol. The number of carbonyl (C=O) groups is 1. The quantitative estimate of drug-likeness (QED) is 0.607. The van der Waals surface area contributed by atoms with Gasteiger partial charge < -0.3 is 4.74 Å². The third-order valence-electron chi connectivity index (χ3n) is 3.65. The molecule has 1 aromatic rings. The van der Waals surface area contributed by atoms with Gasteiger partial charge in [0.05, 0.1) is 12.2 Å². The first-order valence-corrected chi connectivity index (χ1v) is 6.73.